The zero-order chi connectivity index (χ0) is 11.3. The molecule has 0 aromatic heterocycles. The molecule has 1 amide bonds. The summed E-state index contributed by atoms with van der Waals surface area (Å²) in [4.78, 5) is 11.1. The minimum absolute atomic E-state index is 0.361. The van der Waals surface area contributed by atoms with E-state index in [0.29, 0.717) is 11.3 Å². The van der Waals surface area contributed by atoms with Crippen molar-refractivity contribution in [2.24, 2.45) is 5.73 Å². The molecule has 0 fully saturated rings. The van der Waals surface area contributed by atoms with Gasteiger partial charge in [-0.05, 0) is 12.1 Å². The molecule has 0 aliphatic carbocycles. The quantitative estimate of drug-likeness (QED) is 0.720. The van der Waals surface area contributed by atoms with Crippen LogP contribution in [0.1, 0.15) is 10.4 Å². The minimum atomic E-state index is -0.537. The molecule has 1 aromatic carbocycles. The number of nitriles is 1. The molecule has 3 N–H and O–H groups in total. The number of nitrogens with two attached hydrogens (primary N) is 1. The maximum Gasteiger partial charge on any atom is 0.250 e. The highest BCUT2D eigenvalue weighted by molar-refractivity contribution is 5.98. The fraction of sp³-hybridized carbons (Fsp3) is 0.0909. The van der Waals surface area contributed by atoms with Gasteiger partial charge < -0.3 is 11.1 Å². The molecule has 1 rings (SSSR count). The van der Waals surface area contributed by atoms with Crippen molar-refractivity contribution >= 4 is 11.6 Å². The Morgan fingerprint density at radius 2 is 2.27 bits per heavy atom. The van der Waals surface area contributed by atoms with Crippen LogP contribution < -0.4 is 11.1 Å². The van der Waals surface area contributed by atoms with Gasteiger partial charge in [0.05, 0.1) is 11.6 Å². The average molecular weight is 201 g/mol. The van der Waals surface area contributed by atoms with Gasteiger partial charge in [-0.2, -0.15) is 5.26 Å². The summed E-state index contributed by atoms with van der Waals surface area (Å²) in [6, 6.07) is 8.20. The van der Waals surface area contributed by atoms with E-state index in [0.717, 1.165) is 0 Å². The lowest BCUT2D eigenvalue weighted by atomic mass is 10.1. The zero-order valence-electron chi connectivity index (χ0n) is 8.10. The van der Waals surface area contributed by atoms with Gasteiger partial charge >= 0.3 is 0 Å². The highest BCUT2D eigenvalue weighted by atomic mass is 16.1. The van der Waals surface area contributed by atoms with Gasteiger partial charge in [-0.15, -0.1) is 0 Å². The number of nitrogens with zero attached hydrogens (tertiary/aromatic N) is 1. The first kappa shape index (κ1) is 10.8. The molecule has 0 heterocycles. The minimum Gasteiger partial charge on any atom is -0.366 e. The van der Waals surface area contributed by atoms with Gasteiger partial charge in [0.25, 0.3) is 5.91 Å². The SMILES string of the molecule is C=CC(C#N)Nc1ccccc1C(N)=O. The van der Waals surface area contributed by atoms with E-state index in [2.05, 4.69) is 11.9 Å². The summed E-state index contributed by atoms with van der Waals surface area (Å²) in [6.45, 7) is 3.50. The average Bonchev–Trinajstić information content (AvgIpc) is 2.26. The summed E-state index contributed by atoms with van der Waals surface area (Å²) in [5.74, 6) is -0.529. The lowest BCUT2D eigenvalue weighted by Gasteiger charge is -2.11. The molecule has 4 nitrogen and oxygen atoms in total. The monoisotopic (exact) mass is 201 g/mol. The van der Waals surface area contributed by atoms with Crippen molar-refractivity contribution in [3.05, 3.63) is 42.5 Å². The molecular weight excluding hydrogens is 190 g/mol. The van der Waals surface area contributed by atoms with E-state index >= 15 is 0 Å². The zero-order valence-corrected chi connectivity index (χ0v) is 8.10. The second-order valence-electron chi connectivity index (χ2n) is 2.90. The highest BCUT2D eigenvalue weighted by Gasteiger charge is 2.09. The maximum atomic E-state index is 11.1. The second-order valence-corrected chi connectivity index (χ2v) is 2.90. The summed E-state index contributed by atoms with van der Waals surface area (Å²) in [5, 5.41) is 11.6. The molecule has 0 saturated carbocycles. The molecule has 76 valence electrons. The number of anilines is 1. The normalized spacial score (nSPS) is 11.1. The Bertz CT molecular complexity index is 420. The van der Waals surface area contributed by atoms with E-state index < -0.39 is 11.9 Å². The van der Waals surface area contributed by atoms with Gasteiger partial charge in [0, 0.05) is 5.69 Å². The van der Waals surface area contributed by atoms with Gasteiger partial charge in [0.15, 0.2) is 0 Å². The predicted molar refractivity (Wildman–Crippen MR) is 58.2 cm³/mol. The summed E-state index contributed by atoms with van der Waals surface area (Å²) in [7, 11) is 0. The van der Waals surface area contributed by atoms with Gasteiger partial charge in [0.2, 0.25) is 0 Å². The van der Waals surface area contributed by atoms with Gasteiger partial charge in [-0.3, -0.25) is 4.79 Å². The Hall–Kier alpha value is -2.28. The molecule has 0 saturated heterocycles. The van der Waals surface area contributed by atoms with E-state index in [4.69, 9.17) is 11.0 Å². The topological polar surface area (TPSA) is 78.9 Å². The van der Waals surface area contributed by atoms with Crippen LogP contribution in [0.15, 0.2) is 36.9 Å². The van der Waals surface area contributed by atoms with Crippen LogP contribution >= 0.6 is 0 Å². The van der Waals surface area contributed by atoms with Crippen molar-refractivity contribution in [2.45, 2.75) is 6.04 Å². The molecule has 0 spiro atoms. The van der Waals surface area contributed by atoms with E-state index in [1.807, 2.05) is 6.07 Å². The molecule has 0 aliphatic heterocycles. The number of para-hydroxylation sites is 1. The molecule has 0 radical (unpaired) electrons. The number of nitrogens with one attached hydrogen (secondary N) is 1. The first-order chi connectivity index (χ1) is 7.19. The first-order valence-corrected chi connectivity index (χ1v) is 4.36. The van der Waals surface area contributed by atoms with E-state index in [1.165, 1.54) is 6.08 Å². The molecular formula is C11H11N3O. The molecule has 1 atom stereocenters. The van der Waals surface area contributed by atoms with Crippen LogP contribution in [0.5, 0.6) is 0 Å². The number of amides is 1. The fourth-order valence-electron chi connectivity index (χ4n) is 1.14. The van der Waals surface area contributed by atoms with E-state index in [-0.39, 0.29) is 0 Å². The number of carbonyl (C=O) groups is 1. The molecule has 1 unspecified atom stereocenters. The standard InChI is InChI=1S/C11H11N3O/c1-2-8(7-12)14-10-6-4-3-5-9(10)11(13)15/h2-6,8,14H,1H2,(H2,13,15). The summed E-state index contributed by atoms with van der Waals surface area (Å²) in [5.41, 5.74) is 6.08. The van der Waals surface area contributed by atoms with Crippen molar-refractivity contribution in [1.29, 1.82) is 5.26 Å². The van der Waals surface area contributed by atoms with E-state index in [9.17, 15) is 4.79 Å². The fourth-order valence-corrected chi connectivity index (χ4v) is 1.14. The van der Waals surface area contributed by atoms with Crippen molar-refractivity contribution in [2.75, 3.05) is 5.32 Å². The van der Waals surface area contributed by atoms with Crippen LogP contribution in [0.25, 0.3) is 0 Å². The Kier molecular flexibility index (Phi) is 3.47. The smallest absolute Gasteiger partial charge is 0.250 e. The largest absolute Gasteiger partial charge is 0.366 e. The van der Waals surface area contributed by atoms with Gasteiger partial charge in [-0.1, -0.05) is 24.8 Å². The lowest BCUT2D eigenvalue weighted by Crippen LogP contribution is -2.19. The predicted octanol–water partition coefficient (Wildman–Crippen LogP) is 1.28. The van der Waals surface area contributed by atoms with Crippen molar-refractivity contribution in [3.8, 4) is 6.07 Å². The molecule has 0 bridgehead atoms. The van der Waals surface area contributed by atoms with Crippen LogP contribution in [0.4, 0.5) is 5.69 Å². The molecule has 15 heavy (non-hydrogen) atoms. The number of benzene rings is 1. The Balaban J connectivity index is 2.99. The van der Waals surface area contributed by atoms with Crippen LogP contribution in [-0.4, -0.2) is 11.9 Å². The summed E-state index contributed by atoms with van der Waals surface area (Å²) in [6.07, 6.45) is 1.46. The summed E-state index contributed by atoms with van der Waals surface area (Å²) < 4.78 is 0. The molecule has 4 heteroatoms. The second kappa shape index (κ2) is 4.82. The number of carbonyl (C=O) groups excluding carboxylic acids is 1. The van der Waals surface area contributed by atoms with Crippen molar-refractivity contribution in [3.63, 3.8) is 0 Å². The van der Waals surface area contributed by atoms with Crippen LogP contribution in [0.3, 0.4) is 0 Å². The number of primary amides is 1. The number of rotatable bonds is 4. The van der Waals surface area contributed by atoms with E-state index in [1.54, 1.807) is 24.3 Å². The first-order valence-electron chi connectivity index (χ1n) is 4.36. The Morgan fingerprint density at radius 1 is 1.60 bits per heavy atom. The summed E-state index contributed by atoms with van der Waals surface area (Å²) >= 11 is 0. The molecule has 1 aromatic rings. The lowest BCUT2D eigenvalue weighted by molar-refractivity contribution is 0.100. The third-order valence-corrected chi connectivity index (χ3v) is 1.88. The Labute approximate surface area is 88.0 Å². The van der Waals surface area contributed by atoms with Gasteiger partial charge in [-0.25, -0.2) is 0 Å². The molecule has 0 aliphatic rings. The number of hydrogen-bond donors (Lipinski definition) is 2. The van der Waals surface area contributed by atoms with Crippen LogP contribution in [-0.2, 0) is 0 Å². The highest BCUT2D eigenvalue weighted by Crippen LogP contribution is 2.15. The van der Waals surface area contributed by atoms with Crippen molar-refractivity contribution in [1.82, 2.24) is 0 Å². The third kappa shape index (κ3) is 2.58. The Morgan fingerprint density at radius 3 is 2.80 bits per heavy atom. The third-order valence-electron chi connectivity index (χ3n) is 1.88. The maximum absolute atomic E-state index is 11.1. The van der Waals surface area contributed by atoms with Crippen molar-refractivity contribution < 1.29 is 4.79 Å². The van der Waals surface area contributed by atoms with Crippen LogP contribution in [0.2, 0.25) is 0 Å². The number of hydrogen-bond acceptors (Lipinski definition) is 3. The van der Waals surface area contributed by atoms with Crippen LogP contribution in [0, 0.1) is 11.3 Å². The van der Waals surface area contributed by atoms with Gasteiger partial charge in [0.1, 0.15) is 6.04 Å².